The van der Waals surface area contributed by atoms with Crippen molar-refractivity contribution in [1.29, 1.82) is 0 Å². The predicted molar refractivity (Wildman–Crippen MR) is 113 cm³/mol. The SMILES string of the molecule is C=CCNC(=O)CN1CCN(C(=O)CSc2nncn2-c2cccc(Cl)c2)CC1. The fourth-order valence-corrected chi connectivity index (χ4v) is 3.96. The van der Waals surface area contributed by atoms with Crippen LogP contribution in [0.3, 0.4) is 0 Å². The number of nitrogens with zero attached hydrogens (tertiary/aromatic N) is 5. The Morgan fingerprint density at radius 2 is 2.07 bits per heavy atom. The second-order valence-corrected chi connectivity index (χ2v) is 7.88. The summed E-state index contributed by atoms with van der Waals surface area (Å²) >= 11 is 7.40. The lowest BCUT2D eigenvalue weighted by molar-refractivity contribution is -0.130. The van der Waals surface area contributed by atoms with Crippen molar-refractivity contribution < 1.29 is 9.59 Å². The maximum Gasteiger partial charge on any atom is 0.234 e. The Morgan fingerprint density at radius 1 is 1.28 bits per heavy atom. The Balaban J connectivity index is 1.47. The Morgan fingerprint density at radius 3 is 2.79 bits per heavy atom. The Bertz CT molecular complexity index is 866. The van der Waals surface area contributed by atoms with Crippen molar-refractivity contribution in [3.63, 3.8) is 0 Å². The molecule has 1 aliphatic rings. The number of aromatic nitrogens is 3. The molecule has 2 heterocycles. The van der Waals surface area contributed by atoms with E-state index in [4.69, 9.17) is 11.6 Å². The summed E-state index contributed by atoms with van der Waals surface area (Å²) in [6.07, 6.45) is 3.26. The molecule has 0 radical (unpaired) electrons. The predicted octanol–water partition coefficient (Wildman–Crippen LogP) is 1.46. The number of amides is 2. The van der Waals surface area contributed by atoms with Crippen LogP contribution in [0.5, 0.6) is 0 Å². The van der Waals surface area contributed by atoms with Crippen molar-refractivity contribution in [2.24, 2.45) is 0 Å². The zero-order valence-electron chi connectivity index (χ0n) is 16.0. The molecule has 2 amide bonds. The lowest BCUT2D eigenvalue weighted by Crippen LogP contribution is -2.51. The first-order valence-electron chi connectivity index (χ1n) is 9.23. The molecule has 8 nitrogen and oxygen atoms in total. The second kappa shape index (κ2) is 10.4. The lowest BCUT2D eigenvalue weighted by Gasteiger charge is -2.34. The van der Waals surface area contributed by atoms with Crippen LogP contribution in [0.25, 0.3) is 5.69 Å². The third kappa shape index (κ3) is 6.06. The van der Waals surface area contributed by atoms with Gasteiger partial charge in [-0.3, -0.25) is 19.1 Å². The summed E-state index contributed by atoms with van der Waals surface area (Å²) in [5.74, 6) is 0.297. The fraction of sp³-hybridized carbons (Fsp3) is 0.368. The molecule has 2 aromatic rings. The minimum Gasteiger partial charge on any atom is -0.352 e. The summed E-state index contributed by atoms with van der Waals surface area (Å²) < 4.78 is 1.81. The first kappa shape index (κ1) is 21.4. The van der Waals surface area contributed by atoms with Gasteiger partial charge in [-0.05, 0) is 18.2 Å². The van der Waals surface area contributed by atoms with Crippen molar-refractivity contribution in [3.05, 3.63) is 48.3 Å². The number of nitrogens with one attached hydrogen (secondary N) is 1. The average molecular weight is 435 g/mol. The van der Waals surface area contributed by atoms with Crippen LogP contribution in [0.1, 0.15) is 0 Å². The summed E-state index contributed by atoms with van der Waals surface area (Å²) in [6.45, 7) is 6.95. The van der Waals surface area contributed by atoms with Gasteiger partial charge in [-0.1, -0.05) is 35.5 Å². The van der Waals surface area contributed by atoms with E-state index in [0.717, 1.165) is 5.69 Å². The van der Waals surface area contributed by atoms with E-state index >= 15 is 0 Å². The first-order chi connectivity index (χ1) is 14.1. The summed E-state index contributed by atoms with van der Waals surface area (Å²) in [5, 5.41) is 12.1. The molecule has 1 fully saturated rings. The summed E-state index contributed by atoms with van der Waals surface area (Å²) in [7, 11) is 0. The number of hydrogen-bond acceptors (Lipinski definition) is 6. The maximum atomic E-state index is 12.6. The van der Waals surface area contributed by atoms with Crippen LogP contribution in [0.4, 0.5) is 0 Å². The van der Waals surface area contributed by atoms with Gasteiger partial charge >= 0.3 is 0 Å². The van der Waals surface area contributed by atoms with Crippen molar-refractivity contribution in [3.8, 4) is 5.69 Å². The molecule has 1 aromatic carbocycles. The van der Waals surface area contributed by atoms with E-state index in [-0.39, 0.29) is 17.6 Å². The fourth-order valence-electron chi connectivity index (χ4n) is 2.94. The Kier molecular flexibility index (Phi) is 7.68. The van der Waals surface area contributed by atoms with Crippen molar-refractivity contribution in [1.82, 2.24) is 29.9 Å². The van der Waals surface area contributed by atoms with Gasteiger partial charge in [-0.15, -0.1) is 16.8 Å². The van der Waals surface area contributed by atoms with Crippen molar-refractivity contribution in [2.75, 3.05) is 45.0 Å². The third-order valence-electron chi connectivity index (χ3n) is 4.46. The molecule has 0 saturated carbocycles. The van der Waals surface area contributed by atoms with Gasteiger partial charge in [0.05, 0.1) is 18.0 Å². The van der Waals surface area contributed by atoms with Gasteiger partial charge < -0.3 is 10.2 Å². The van der Waals surface area contributed by atoms with Crippen LogP contribution in [-0.2, 0) is 9.59 Å². The molecule has 10 heteroatoms. The van der Waals surface area contributed by atoms with E-state index in [1.54, 1.807) is 18.5 Å². The molecule has 29 heavy (non-hydrogen) atoms. The van der Waals surface area contributed by atoms with Gasteiger partial charge in [-0.2, -0.15) is 0 Å². The van der Waals surface area contributed by atoms with Crippen molar-refractivity contribution >= 4 is 35.2 Å². The normalized spacial score (nSPS) is 14.6. The molecule has 0 bridgehead atoms. The molecular weight excluding hydrogens is 412 g/mol. The second-order valence-electron chi connectivity index (χ2n) is 6.50. The molecule has 1 N–H and O–H groups in total. The Hall–Kier alpha value is -2.36. The summed E-state index contributed by atoms with van der Waals surface area (Å²) in [6, 6.07) is 7.38. The molecule has 0 atom stereocenters. The maximum absolute atomic E-state index is 12.6. The standard InChI is InChI=1S/C19H23ClN6O2S/c1-2-6-21-17(27)12-24-7-9-25(10-8-24)18(28)13-29-19-23-22-14-26(19)16-5-3-4-15(20)11-16/h2-5,11,14H,1,6-10,12-13H2,(H,21,27). The summed E-state index contributed by atoms with van der Waals surface area (Å²) in [5.41, 5.74) is 0.848. The topological polar surface area (TPSA) is 83.4 Å². The molecule has 1 saturated heterocycles. The zero-order chi connectivity index (χ0) is 20.6. The number of hydrogen-bond donors (Lipinski definition) is 1. The van der Waals surface area contributed by atoms with Crippen LogP contribution >= 0.6 is 23.4 Å². The number of rotatable bonds is 8. The van der Waals surface area contributed by atoms with E-state index < -0.39 is 0 Å². The molecule has 1 aromatic heterocycles. The number of piperazine rings is 1. The smallest absolute Gasteiger partial charge is 0.234 e. The summed E-state index contributed by atoms with van der Waals surface area (Å²) in [4.78, 5) is 28.2. The van der Waals surface area contributed by atoms with Gasteiger partial charge in [0.2, 0.25) is 11.8 Å². The minimum absolute atomic E-state index is 0.0272. The highest BCUT2D eigenvalue weighted by atomic mass is 35.5. The van der Waals surface area contributed by atoms with Gasteiger partial charge in [0.15, 0.2) is 5.16 Å². The van der Waals surface area contributed by atoms with Crippen LogP contribution < -0.4 is 5.32 Å². The highest BCUT2D eigenvalue weighted by molar-refractivity contribution is 7.99. The molecular formula is C19H23ClN6O2S. The molecule has 0 unspecified atom stereocenters. The number of carbonyl (C=O) groups is 2. The largest absolute Gasteiger partial charge is 0.352 e. The zero-order valence-corrected chi connectivity index (χ0v) is 17.5. The number of thioether (sulfide) groups is 1. The van der Waals surface area contributed by atoms with Crippen LogP contribution in [0.2, 0.25) is 5.02 Å². The number of benzene rings is 1. The highest BCUT2D eigenvalue weighted by Crippen LogP contribution is 2.22. The monoisotopic (exact) mass is 434 g/mol. The minimum atomic E-state index is -0.0272. The third-order valence-corrected chi connectivity index (χ3v) is 5.63. The lowest BCUT2D eigenvalue weighted by atomic mass is 10.3. The first-order valence-corrected chi connectivity index (χ1v) is 10.6. The van der Waals surface area contributed by atoms with Gasteiger partial charge in [0, 0.05) is 37.7 Å². The van der Waals surface area contributed by atoms with E-state index in [1.165, 1.54) is 11.8 Å². The molecule has 0 aliphatic carbocycles. The van der Waals surface area contributed by atoms with Crippen LogP contribution in [0.15, 0.2) is 48.4 Å². The van der Waals surface area contributed by atoms with Gasteiger partial charge in [0.25, 0.3) is 0 Å². The van der Waals surface area contributed by atoms with E-state index in [9.17, 15) is 9.59 Å². The molecule has 0 spiro atoms. The van der Waals surface area contributed by atoms with E-state index in [1.807, 2.05) is 32.6 Å². The quantitative estimate of drug-likeness (QED) is 0.500. The van der Waals surface area contributed by atoms with Crippen LogP contribution in [0, 0.1) is 0 Å². The van der Waals surface area contributed by atoms with Gasteiger partial charge in [0.1, 0.15) is 6.33 Å². The number of carbonyl (C=O) groups excluding carboxylic acids is 2. The number of halogens is 1. The average Bonchev–Trinajstić information content (AvgIpc) is 3.20. The van der Waals surface area contributed by atoms with Gasteiger partial charge in [-0.25, -0.2) is 0 Å². The molecule has 154 valence electrons. The van der Waals surface area contributed by atoms with Crippen molar-refractivity contribution in [2.45, 2.75) is 5.16 Å². The molecule has 3 rings (SSSR count). The highest BCUT2D eigenvalue weighted by Gasteiger charge is 2.23. The van der Waals surface area contributed by atoms with E-state index in [2.05, 4.69) is 22.1 Å². The molecule has 1 aliphatic heterocycles. The van der Waals surface area contributed by atoms with Crippen LogP contribution in [-0.4, -0.2) is 81.4 Å². The van der Waals surface area contributed by atoms with E-state index in [0.29, 0.717) is 49.4 Å². The Labute approximate surface area is 178 Å².